The number of alkyl halides is 3. The molecule has 0 aliphatic rings. The number of phenols is 1. The van der Waals surface area contributed by atoms with Crippen LogP contribution >= 0.6 is 7.60 Å². The van der Waals surface area contributed by atoms with Crippen LogP contribution < -0.4 is 15.5 Å². The van der Waals surface area contributed by atoms with Crippen LogP contribution in [-0.4, -0.2) is 29.0 Å². The number of ether oxygens (including phenoxy) is 1. The number of halogens is 3. The van der Waals surface area contributed by atoms with E-state index in [1.165, 1.54) is 18.2 Å². The molecule has 2 radical (unpaired) electrons. The highest BCUT2D eigenvalue weighted by molar-refractivity contribution is 7.51. The maximum atomic E-state index is 13.5. The van der Waals surface area contributed by atoms with Crippen LogP contribution in [0.1, 0.15) is 30.9 Å². The van der Waals surface area contributed by atoms with Crippen molar-refractivity contribution in [3.8, 4) is 17.2 Å². The van der Waals surface area contributed by atoms with Gasteiger partial charge in [0.2, 0.25) is 0 Å². The summed E-state index contributed by atoms with van der Waals surface area (Å²) in [5, 5.41) is 12.1. The molecule has 2 aromatic rings. The SMILES string of the molecule is [B]c1cc(NCP(=O)(O)O)cc(C(F)(F)F)c1Oc1ccc(O)c(C(C)C)c1. The minimum Gasteiger partial charge on any atom is -0.508 e. The lowest BCUT2D eigenvalue weighted by Gasteiger charge is -2.19. The minimum absolute atomic E-state index is 0.0108. The Balaban J connectivity index is 2.46. The van der Waals surface area contributed by atoms with E-state index < -0.39 is 31.4 Å². The van der Waals surface area contributed by atoms with Crippen molar-refractivity contribution in [1.29, 1.82) is 0 Å². The molecule has 0 atom stereocenters. The van der Waals surface area contributed by atoms with Crippen molar-refractivity contribution in [3.05, 3.63) is 41.5 Å². The van der Waals surface area contributed by atoms with E-state index >= 15 is 0 Å². The molecule has 0 saturated carbocycles. The summed E-state index contributed by atoms with van der Waals surface area (Å²) in [7, 11) is 1.25. The Morgan fingerprint density at radius 1 is 1.21 bits per heavy atom. The Hall–Kier alpha value is -2.16. The van der Waals surface area contributed by atoms with Crippen molar-refractivity contribution >= 4 is 26.6 Å². The minimum atomic E-state index is -4.83. The van der Waals surface area contributed by atoms with Gasteiger partial charge in [-0.25, -0.2) is 0 Å². The number of hydrogen-bond donors (Lipinski definition) is 4. The quantitative estimate of drug-likeness (QED) is 0.425. The number of hydrogen-bond acceptors (Lipinski definition) is 4. The summed E-state index contributed by atoms with van der Waals surface area (Å²) < 4.78 is 56.8. The Labute approximate surface area is 160 Å². The largest absolute Gasteiger partial charge is 0.508 e. The molecule has 6 nitrogen and oxygen atoms in total. The summed E-state index contributed by atoms with van der Waals surface area (Å²) in [6, 6.07) is 5.78. The Bertz CT molecular complexity index is 914. The van der Waals surface area contributed by atoms with Gasteiger partial charge in [-0.3, -0.25) is 4.57 Å². The molecule has 11 heteroatoms. The zero-order valence-corrected chi connectivity index (χ0v) is 15.9. The van der Waals surface area contributed by atoms with Gasteiger partial charge in [-0.05, 0) is 36.2 Å². The third-order valence-electron chi connectivity index (χ3n) is 3.75. The highest BCUT2D eigenvalue weighted by Gasteiger charge is 2.36. The highest BCUT2D eigenvalue weighted by Crippen LogP contribution is 2.40. The molecule has 2 aromatic carbocycles. The molecule has 0 spiro atoms. The molecule has 0 fully saturated rings. The summed E-state index contributed by atoms with van der Waals surface area (Å²) in [5.74, 6) is -0.699. The number of rotatable bonds is 6. The maximum Gasteiger partial charge on any atom is 0.420 e. The van der Waals surface area contributed by atoms with Gasteiger partial charge in [-0.15, -0.1) is 0 Å². The van der Waals surface area contributed by atoms with Gasteiger partial charge in [-0.1, -0.05) is 19.3 Å². The second kappa shape index (κ2) is 8.07. The number of benzene rings is 2. The summed E-state index contributed by atoms with van der Waals surface area (Å²) in [6.45, 7) is 3.60. The average Bonchev–Trinajstić information content (AvgIpc) is 2.54. The fourth-order valence-corrected chi connectivity index (χ4v) is 2.84. The molecule has 28 heavy (non-hydrogen) atoms. The predicted molar refractivity (Wildman–Crippen MR) is 99.6 cm³/mol. The van der Waals surface area contributed by atoms with Crippen LogP contribution in [0.3, 0.4) is 0 Å². The van der Waals surface area contributed by atoms with E-state index in [1.807, 2.05) is 0 Å². The lowest BCUT2D eigenvalue weighted by atomic mass is 9.91. The van der Waals surface area contributed by atoms with E-state index in [-0.39, 0.29) is 28.6 Å². The van der Waals surface area contributed by atoms with Crippen molar-refractivity contribution in [2.24, 2.45) is 0 Å². The van der Waals surface area contributed by atoms with Gasteiger partial charge in [0.25, 0.3) is 0 Å². The van der Waals surface area contributed by atoms with E-state index in [0.717, 1.165) is 6.07 Å². The smallest absolute Gasteiger partial charge is 0.420 e. The topological polar surface area (TPSA) is 99.0 Å². The fraction of sp³-hybridized carbons (Fsp3) is 0.294. The Morgan fingerprint density at radius 3 is 2.39 bits per heavy atom. The van der Waals surface area contributed by atoms with Gasteiger partial charge in [0.15, 0.2) is 0 Å². The van der Waals surface area contributed by atoms with Crippen molar-refractivity contribution in [3.63, 3.8) is 0 Å². The third-order valence-corrected chi connectivity index (χ3v) is 4.32. The van der Waals surface area contributed by atoms with Crippen molar-refractivity contribution in [1.82, 2.24) is 0 Å². The van der Waals surface area contributed by atoms with E-state index in [9.17, 15) is 22.8 Å². The van der Waals surface area contributed by atoms with E-state index in [2.05, 4.69) is 5.32 Å². The molecule has 0 aliphatic carbocycles. The third kappa shape index (κ3) is 5.67. The number of aromatic hydroxyl groups is 1. The fourth-order valence-electron chi connectivity index (χ4n) is 2.45. The predicted octanol–water partition coefficient (Wildman–Crippen LogP) is 3.67. The molecule has 0 saturated heterocycles. The zero-order chi connectivity index (χ0) is 21.3. The summed E-state index contributed by atoms with van der Waals surface area (Å²) in [4.78, 5) is 17.7. The first kappa shape index (κ1) is 22.1. The Morgan fingerprint density at radius 2 is 1.86 bits per heavy atom. The zero-order valence-electron chi connectivity index (χ0n) is 15.0. The van der Waals surface area contributed by atoms with Gasteiger partial charge >= 0.3 is 13.8 Å². The van der Waals surface area contributed by atoms with E-state index in [0.29, 0.717) is 11.6 Å². The molecule has 0 aliphatic heterocycles. The molecule has 150 valence electrons. The van der Waals surface area contributed by atoms with Crippen molar-refractivity contribution in [2.45, 2.75) is 25.9 Å². The maximum absolute atomic E-state index is 13.5. The summed E-state index contributed by atoms with van der Waals surface area (Å²) in [6.07, 6.45) is -5.68. The first-order valence-electron chi connectivity index (χ1n) is 8.08. The second-order valence-electron chi connectivity index (χ2n) is 6.42. The van der Waals surface area contributed by atoms with Crippen LogP contribution in [0.15, 0.2) is 30.3 Å². The number of nitrogens with one attached hydrogen (secondary N) is 1. The van der Waals surface area contributed by atoms with Crippen LogP contribution in [0.4, 0.5) is 18.9 Å². The lowest BCUT2D eigenvalue weighted by Crippen LogP contribution is -2.17. The molecule has 0 bridgehead atoms. The van der Waals surface area contributed by atoms with Crippen LogP contribution in [-0.2, 0) is 10.7 Å². The van der Waals surface area contributed by atoms with Crippen molar-refractivity contribution in [2.75, 3.05) is 11.6 Å². The number of anilines is 1. The molecule has 2 rings (SSSR count). The lowest BCUT2D eigenvalue weighted by molar-refractivity contribution is -0.138. The highest BCUT2D eigenvalue weighted by atomic mass is 31.2. The van der Waals surface area contributed by atoms with Crippen LogP contribution in [0.25, 0.3) is 0 Å². The van der Waals surface area contributed by atoms with Gasteiger partial charge in [-0.2, -0.15) is 13.2 Å². The van der Waals surface area contributed by atoms with Crippen LogP contribution in [0.2, 0.25) is 0 Å². The number of phenolic OH excluding ortho intramolecular Hbond substituents is 1. The molecule has 0 heterocycles. The van der Waals surface area contributed by atoms with E-state index in [4.69, 9.17) is 22.4 Å². The first-order chi connectivity index (χ1) is 12.8. The van der Waals surface area contributed by atoms with Crippen LogP contribution in [0, 0.1) is 0 Å². The standard InChI is InChI=1S/C17H18BF3NO5P/c1-9(2)12-7-11(3-4-15(12)23)27-16-13(17(19,20)21)5-10(6-14(16)18)22-8-28(24,25)26/h3-7,9,22-23H,8H2,1-2H3,(H2,24,25,26). The summed E-state index contributed by atoms with van der Waals surface area (Å²) in [5.41, 5.74) is -1.30. The molecular formula is C17H18BF3NO5P. The van der Waals surface area contributed by atoms with Gasteiger partial charge < -0.3 is 24.9 Å². The Kier molecular flexibility index (Phi) is 6.38. The van der Waals surface area contributed by atoms with Crippen LogP contribution in [0.5, 0.6) is 17.2 Å². The van der Waals surface area contributed by atoms with Gasteiger partial charge in [0.05, 0.1) is 5.56 Å². The van der Waals surface area contributed by atoms with Gasteiger partial charge in [0.1, 0.15) is 31.4 Å². The monoisotopic (exact) mass is 415 g/mol. The molecule has 0 unspecified atom stereocenters. The molecule has 0 aromatic heterocycles. The average molecular weight is 415 g/mol. The first-order valence-corrected chi connectivity index (χ1v) is 9.87. The normalized spacial score (nSPS) is 12.3. The van der Waals surface area contributed by atoms with Crippen molar-refractivity contribution < 1.29 is 37.4 Å². The van der Waals surface area contributed by atoms with E-state index in [1.54, 1.807) is 13.8 Å². The molecule has 4 N–H and O–H groups in total. The summed E-state index contributed by atoms with van der Waals surface area (Å²) >= 11 is 0. The van der Waals surface area contributed by atoms with Gasteiger partial charge in [0, 0.05) is 11.3 Å². The second-order valence-corrected chi connectivity index (χ2v) is 8.06. The molecule has 0 amide bonds. The molecular weight excluding hydrogens is 397 g/mol.